The summed E-state index contributed by atoms with van der Waals surface area (Å²) >= 11 is 0. The summed E-state index contributed by atoms with van der Waals surface area (Å²) in [4.78, 5) is 27.0. The molecule has 1 aromatic heterocycles. The first-order valence-electron chi connectivity index (χ1n) is 8.09. The molecule has 0 fully saturated rings. The molecule has 2 amide bonds. The van der Waals surface area contributed by atoms with E-state index in [9.17, 15) is 9.59 Å². The minimum Gasteiger partial charge on any atom is -0.360 e. The monoisotopic (exact) mass is 333 g/mol. The van der Waals surface area contributed by atoms with E-state index in [1.54, 1.807) is 12.3 Å². The first-order valence-corrected chi connectivity index (χ1v) is 8.09. The van der Waals surface area contributed by atoms with Crippen LogP contribution in [-0.4, -0.2) is 29.9 Å². The van der Waals surface area contributed by atoms with Gasteiger partial charge < -0.3 is 15.6 Å². The first kappa shape index (κ1) is 16.5. The number of hydrogen-bond acceptors (Lipinski definition) is 2. The molecule has 5 heteroatoms. The average Bonchev–Trinajstić information content (AvgIpc) is 3.08. The molecular weight excluding hydrogens is 314 g/mol. The Hall–Kier alpha value is -3.34. The number of nitrogens with one attached hydrogen (secondary N) is 3. The van der Waals surface area contributed by atoms with Crippen LogP contribution >= 0.6 is 0 Å². The fourth-order valence-corrected chi connectivity index (χ4v) is 2.51. The summed E-state index contributed by atoms with van der Waals surface area (Å²) in [5.41, 5.74) is 2.49. The molecule has 2 aromatic carbocycles. The van der Waals surface area contributed by atoms with Crippen molar-refractivity contribution in [1.29, 1.82) is 0 Å². The molecule has 126 valence electrons. The molecule has 0 spiro atoms. The largest absolute Gasteiger partial charge is 0.360 e. The van der Waals surface area contributed by atoms with Crippen molar-refractivity contribution < 1.29 is 9.59 Å². The molecule has 3 aromatic rings. The molecule has 0 aliphatic carbocycles. The Balaban J connectivity index is 1.44. The van der Waals surface area contributed by atoms with E-state index < -0.39 is 0 Å². The maximum absolute atomic E-state index is 12.2. The maximum atomic E-state index is 12.2. The van der Waals surface area contributed by atoms with E-state index in [2.05, 4.69) is 15.6 Å². The van der Waals surface area contributed by atoms with Crippen LogP contribution in [0, 0.1) is 0 Å². The number of carbonyl (C=O) groups excluding carboxylic acids is 2. The van der Waals surface area contributed by atoms with E-state index in [0.29, 0.717) is 18.7 Å². The topological polar surface area (TPSA) is 74.0 Å². The molecule has 25 heavy (non-hydrogen) atoms. The van der Waals surface area contributed by atoms with Crippen LogP contribution in [0.5, 0.6) is 0 Å². The molecule has 0 aliphatic heterocycles. The second-order valence-electron chi connectivity index (χ2n) is 5.54. The number of aromatic nitrogens is 1. The van der Waals surface area contributed by atoms with Crippen LogP contribution < -0.4 is 10.6 Å². The highest BCUT2D eigenvalue weighted by Crippen LogP contribution is 2.17. The van der Waals surface area contributed by atoms with Crippen LogP contribution in [-0.2, 0) is 4.79 Å². The second-order valence-corrected chi connectivity index (χ2v) is 5.54. The highest BCUT2D eigenvalue weighted by Gasteiger charge is 2.10. The lowest BCUT2D eigenvalue weighted by Gasteiger charge is -2.05. The van der Waals surface area contributed by atoms with E-state index in [1.165, 1.54) is 6.08 Å². The molecule has 3 rings (SSSR count). The molecule has 0 radical (unpaired) electrons. The van der Waals surface area contributed by atoms with Crippen LogP contribution in [0.4, 0.5) is 0 Å². The number of H-pyrrole nitrogens is 1. The predicted molar refractivity (Wildman–Crippen MR) is 99.1 cm³/mol. The molecule has 5 nitrogen and oxygen atoms in total. The Kier molecular flexibility index (Phi) is 5.26. The van der Waals surface area contributed by atoms with Crippen LogP contribution in [0.1, 0.15) is 15.9 Å². The zero-order chi connectivity index (χ0) is 17.5. The molecular formula is C20H19N3O2. The van der Waals surface area contributed by atoms with Crippen LogP contribution in [0.2, 0.25) is 0 Å². The van der Waals surface area contributed by atoms with Crippen molar-refractivity contribution in [3.05, 3.63) is 78.0 Å². The van der Waals surface area contributed by atoms with Crippen molar-refractivity contribution in [2.45, 2.75) is 0 Å². The number of para-hydroxylation sites is 1. The Bertz CT molecular complexity index is 897. The summed E-state index contributed by atoms with van der Waals surface area (Å²) in [5.74, 6) is -0.350. The zero-order valence-corrected chi connectivity index (χ0v) is 13.7. The van der Waals surface area contributed by atoms with Gasteiger partial charge in [-0.15, -0.1) is 0 Å². The van der Waals surface area contributed by atoms with Gasteiger partial charge in [-0.2, -0.15) is 0 Å². The molecule has 0 saturated heterocycles. The average molecular weight is 333 g/mol. The normalized spacial score (nSPS) is 10.9. The van der Waals surface area contributed by atoms with E-state index in [-0.39, 0.29) is 11.8 Å². The fourth-order valence-electron chi connectivity index (χ4n) is 2.51. The predicted octanol–water partition coefficient (Wildman–Crippen LogP) is 2.73. The maximum Gasteiger partial charge on any atom is 0.253 e. The fraction of sp³-hybridized carbons (Fsp3) is 0.100. The lowest BCUT2D eigenvalue weighted by atomic mass is 10.1. The van der Waals surface area contributed by atoms with E-state index in [1.807, 2.05) is 54.6 Å². The van der Waals surface area contributed by atoms with Crippen molar-refractivity contribution in [3.8, 4) is 0 Å². The third-order valence-corrected chi connectivity index (χ3v) is 3.77. The lowest BCUT2D eigenvalue weighted by molar-refractivity contribution is -0.116. The Morgan fingerprint density at radius 2 is 1.64 bits per heavy atom. The SMILES string of the molecule is O=C(/C=C/c1ccccc1)NCCNC(=O)c1c[nH]c2ccccc12. The standard InChI is InChI=1S/C20H19N3O2/c24-19(11-10-15-6-2-1-3-7-15)21-12-13-22-20(25)17-14-23-18-9-5-4-8-16(17)18/h1-11,14,23H,12-13H2,(H,21,24)(H,22,25)/b11-10+. The number of carbonyl (C=O) groups is 2. The van der Waals surface area contributed by atoms with Crippen LogP contribution in [0.3, 0.4) is 0 Å². The van der Waals surface area contributed by atoms with Gasteiger partial charge in [0.25, 0.3) is 5.91 Å². The summed E-state index contributed by atoms with van der Waals surface area (Å²) in [6.45, 7) is 0.731. The van der Waals surface area contributed by atoms with Crippen molar-refractivity contribution in [3.63, 3.8) is 0 Å². The summed E-state index contributed by atoms with van der Waals surface area (Å²) in [6, 6.07) is 17.2. The highest BCUT2D eigenvalue weighted by molar-refractivity contribution is 6.06. The molecule has 0 saturated carbocycles. The van der Waals surface area contributed by atoms with E-state index >= 15 is 0 Å². The van der Waals surface area contributed by atoms with Gasteiger partial charge in [-0.3, -0.25) is 9.59 Å². The van der Waals surface area contributed by atoms with Crippen molar-refractivity contribution in [2.75, 3.05) is 13.1 Å². The number of amides is 2. The molecule has 1 heterocycles. The number of benzene rings is 2. The Labute approximate surface area is 145 Å². The number of hydrogen-bond donors (Lipinski definition) is 3. The van der Waals surface area contributed by atoms with Gasteiger partial charge in [0.2, 0.25) is 5.91 Å². The summed E-state index contributed by atoms with van der Waals surface area (Å²) in [7, 11) is 0. The van der Waals surface area contributed by atoms with Crippen molar-refractivity contribution in [1.82, 2.24) is 15.6 Å². The van der Waals surface area contributed by atoms with Gasteiger partial charge in [0.15, 0.2) is 0 Å². The van der Waals surface area contributed by atoms with Gasteiger partial charge >= 0.3 is 0 Å². The van der Waals surface area contributed by atoms with Crippen LogP contribution in [0.25, 0.3) is 17.0 Å². The third kappa shape index (κ3) is 4.35. The van der Waals surface area contributed by atoms with Gasteiger partial charge in [0.05, 0.1) is 5.56 Å². The number of aromatic amines is 1. The first-order chi connectivity index (χ1) is 12.2. The van der Waals surface area contributed by atoms with Gasteiger partial charge in [0, 0.05) is 36.3 Å². The Morgan fingerprint density at radius 3 is 2.48 bits per heavy atom. The summed E-state index contributed by atoms with van der Waals surface area (Å²) in [5, 5.41) is 6.44. The van der Waals surface area contributed by atoms with Crippen molar-refractivity contribution in [2.24, 2.45) is 0 Å². The highest BCUT2D eigenvalue weighted by atomic mass is 16.2. The van der Waals surface area contributed by atoms with Gasteiger partial charge in [-0.25, -0.2) is 0 Å². The minimum absolute atomic E-state index is 0.161. The molecule has 0 unspecified atom stereocenters. The van der Waals surface area contributed by atoms with E-state index in [0.717, 1.165) is 16.5 Å². The molecule has 0 bridgehead atoms. The second kappa shape index (κ2) is 7.97. The lowest BCUT2D eigenvalue weighted by Crippen LogP contribution is -2.33. The zero-order valence-electron chi connectivity index (χ0n) is 13.7. The number of rotatable bonds is 6. The summed E-state index contributed by atoms with van der Waals surface area (Å²) in [6.07, 6.45) is 4.93. The summed E-state index contributed by atoms with van der Waals surface area (Å²) < 4.78 is 0. The van der Waals surface area contributed by atoms with Gasteiger partial charge in [-0.1, -0.05) is 48.5 Å². The Morgan fingerprint density at radius 1 is 0.920 bits per heavy atom. The number of fused-ring (bicyclic) bond motifs is 1. The van der Waals surface area contributed by atoms with E-state index in [4.69, 9.17) is 0 Å². The smallest absolute Gasteiger partial charge is 0.253 e. The quantitative estimate of drug-likeness (QED) is 0.479. The minimum atomic E-state index is -0.190. The molecule has 0 aliphatic rings. The van der Waals surface area contributed by atoms with Crippen LogP contribution in [0.15, 0.2) is 66.9 Å². The third-order valence-electron chi connectivity index (χ3n) is 3.77. The van der Waals surface area contributed by atoms with Gasteiger partial charge in [0.1, 0.15) is 0 Å². The molecule has 3 N–H and O–H groups in total. The molecule has 0 atom stereocenters. The van der Waals surface area contributed by atoms with Crippen molar-refractivity contribution >= 4 is 28.8 Å². The van der Waals surface area contributed by atoms with Gasteiger partial charge in [-0.05, 0) is 17.7 Å².